The minimum absolute atomic E-state index is 0.114. The highest BCUT2D eigenvalue weighted by Crippen LogP contribution is 2.32. The van der Waals surface area contributed by atoms with Crippen molar-refractivity contribution in [3.05, 3.63) is 24.3 Å². The number of anilines is 1. The maximum absolute atomic E-state index is 12.3. The summed E-state index contributed by atoms with van der Waals surface area (Å²) in [5.74, 6) is -2.70. The van der Waals surface area contributed by atoms with Crippen LogP contribution in [0.25, 0.3) is 0 Å². The number of hydrogen-bond donors (Lipinski definition) is 2. The van der Waals surface area contributed by atoms with Crippen LogP contribution >= 0.6 is 11.8 Å². The lowest BCUT2D eigenvalue weighted by Gasteiger charge is -2.11. The molecule has 0 aliphatic carbocycles. The molecular formula is C10H14F2N2O2S2. The van der Waals surface area contributed by atoms with Gasteiger partial charge in [0.1, 0.15) is 0 Å². The van der Waals surface area contributed by atoms with Crippen LogP contribution in [0, 0.1) is 0 Å². The monoisotopic (exact) mass is 296 g/mol. The van der Waals surface area contributed by atoms with Crippen molar-refractivity contribution in [2.75, 3.05) is 24.1 Å². The molecule has 0 spiro atoms. The highest BCUT2D eigenvalue weighted by Gasteiger charge is 2.14. The summed E-state index contributed by atoms with van der Waals surface area (Å²) < 4.78 is 50.2. The average molecular weight is 296 g/mol. The van der Waals surface area contributed by atoms with E-state index in [4.69, 9.17) is 0 Å². The summed E-state index contributed by atoms with van der Waals surface area (Å²) in [4.78, 5) is 0.209. The van der Waals surface area contributed by atoms with E-state index in [1.54, 1.807) is 19.2 Å². The molecule has 8 heteroatoms. The molecule has 2 N–H and O–H groups in total. The number of thioether (sulfide) groups is 1. The number of sulfonamides is 1. The molecule has 0 bridgehead atoms. The van der Waals surface area contributed by atoms with E-state index >= 15 is 0 Å². The maximum Gasteiger partial charge on any atom is 0.288 e. The summed E-state index contributed by atoms with van der Waals surface area (Å²) in [5.41, 5.74) is 0.180. The van der Waals surface area contributed by atoms with Crippen molar-refractivity contribution in [1.29, 1.82) is 0 Å². The molecule has 0 aromatic heterocycles. The molecule has 0 fully saturated rings. The van der Waals surface area contributed by atoms with E-state index in [0.717, 1.165) is 0 Å². The van der Waals surface area contributed by atoms with Crippen molar-refractivity contribution in [3.63, 3.8) is 0 Å². The van der Waals surface area contributed by atoms with Gasteiger partial charge in [0.2, 0.25) is 10.0 Å². The van der Waals surface area contributed by atoms with Gasteiger partial charge in [0.15, 0.2) is 0 Å². The van der Waals surface area contributed by atoms with Gasteiger partial charge in [-0.3, -0.25) is 4.72 Å². The SMILES string of the molecule is CNCCS(=O)(=O)Nc1ccccc1SC(F)F. The summed E-state index contributed by atoms with van der Waals surface area (Å²) >= 11 is 0.314. The Balaban J connectivity index is 2.83. The second-order valence-electron chi connectivity index (χ2n) is 3.40. The average Bonchev–Trinajstić information content (AvgIpc) is 2.28. The fourth-order valence-corrected chi connectivity index (χ4v) is 2.95. The van der Waals surface area contributed by atoms with Crippen LogP contribution in [0.5, 0.6) is 0 Å². The molecule has 18 heavy (non-hydrogen) atoms. The Morgan fingerprint density at radius 1 is 1.33 bits per heavy atom. The Bertz CT molecular complexity index is 481. The maximum atomic E-state index is 12.3. The molecule has 0 atom stereocenters. The van der Waals surface area contributed by atoms with Crippen molar-refractivity contribution in [2.24, 2.45) is 0 Å². The Morgan fingerprint density at radius 2 is 2.00 bits per heavy atom. The molecule has 1 rings (SSSR count). The van der Waals surface area contributed by atoms with E-state index in [0.29, 0.717) is 18.3 Å². The molecule has 0 amide bonds. The molecule has 0 unspecified atom stereocenters. The molecule has 1 aromatic carbocycles. The fourth-order valence-electron chi connectivity index (χ4n) is 1.20. The van der Waals surface area contributed by atoms with Gasteiger partial charge in [-0.25, -0.2) is 8.42 Å². The number of alkyl halides is 2. The number of hydrogen-bond acceptors (Lipinski definition) is 4. The first-order chi connectivity index (χ1) is 8.44. The van der Waals surface area contributed by atoms with Gasteiger partial charge in [0, 0.05) is 11.4 Å². The third kappa shape index (κ3) is 5.19. The van der Waals surface area contributed by atoms with Crippen LogP contribution in [0.4, 0.5) is 14.5 Å². The largest absolute Gasteiger partial charge is 0.319 e. The van der Waals surface area contributed by atoms with Crippen molar-refractivity contribution < 1.29 is 17.2 Å². The number of benzene rings is 1. The molecule has 102 valence electrons. The van der Waals surface area contributed by atoms with Crippen LogP contribution in [0.15, 0.2) is 29.2 Å². The summed E-state index contributed by atoms with van der Waals surface area (Å²) in [6.07, 6.45) is 0. The molecule has 0 saturated carbocycles. The van der Waals surface area contributed by atoms with Crippen molar-refractivity contribution in [1.82, 2.24) is 5.32 Å². The minimum atomic E-state index is -3.53. The molecule has 0 aliphatic rings. The Morgan fingerprint density at radius 3 is 2.61 bits per heavy atom. The van der Waals surface area contributed by atoms with Gasteiger partial charge in [-0.1, -0.05) is 23.9 Å². The molecule has 1 aromatic rings. The predicted octanol–water partition coefficient (Wildman–Crippen LogP) is 1.96. The Hall–Kier alpha value is -0.860. The van der Waals surface area contributed by atoms with E-state index in [1.165, 1.54) is 12.1 Å². The molecule has 4 nitrogen and oxygen atoms in total. The van der Waals surface area contributed by atoms with Gasteiger partial charge in [-0.2, -0.15) is 8.78 Å². The Kier molecular flexibility index (Phi) is 5.83. The first kappa shape index (κ1) is 15.2. The summed E-state index contributed by atoms with van der Waals surface area (Å²) in [5, 5.41) is 2.71. The summed E-state index contributed by atoms with van der Waals surface area (Å²) in [6.45, 7) is 0.291. The first-order valence-corrected chi connectivity index (χ1v) is 7.67. The molecule has 0 aliphatic heterocycles. The normalized spacial score (nSPS) is 11.8. The lowest BCUT2D eigenvalue weighted by molar-refractivity contribution is 0.252. The van der Waals surface area contributed by atoms with Crippen molar-refractivity contribution in [3.8, 4) is 0 Å². The van der Waals surface area contributed by atoms with Gasteiger partial charge >= 0.3 is 0 Å². The number of para-hydroxylation sites is 1. The zero-order valence-electron chi connectivity index (χ0n) is 9.69. The smallest absolute Gasteiger partial charge is 0.288 e. The van der Waals surface area contributed by atoms with E-state index in [-0.39, 0.29) is 16.3 Å². The lowest BCUT2D eigenvalue weighted by atomic mass is 10.3. The van der Waals surface area contributed by atoms with Crippen LogP contribution in [-0.4, -0.2) is 33.5 Å². The van der Waals surface area contributed by atoms with E-state index in [1.807, 2.05) is 0 Å². The van der Waals surface area contributed by atoms with Gasteiger partial charge in [-0.05, 0) is 19.2 Å². The van der Waals surface area contributed by atoms with Crippen LogP contribution in [0.3, 0.4) is 0 Å². The van der Waals surface area contributed by atoms with Gasteiger partial charge in [0.05, 0.1) is 11.4 Å². The Labute approximate surface area is 109 Å². The third-order valence-corrected chi connectivity index (χ3v) is 4.05. The van der Waals surface area contributed by atoms with Gasteiger partial charge in [0.25, 0.3) is 5.76 Å². The van der Waals surface area contributed by atoms with Gasteiger partial charge in [-0.15, -0.1) is 0 Å². The molecule has 0 saturated heterocycles. The fraction of sp³-hybridized carbons (Fsp3) is 0.400. The van der Waals surface area contributed by atoms with Crippen LogP contribution in [-0.2, 0) is 10.0 Å². The van der Waals surface area contributed by atoms with E-state index in [9.17, 15) is 17.2 Å². The van der Waals surface area contributed by atoms with Gasteiger partial charge < -0.3 is 5.32 Å². The van der Waals surface area contributed by atoms with Crippen molar-refractivity contribution >= 4 is 27.5 Å². The van der Waals surface area contributed by atoms with Crippen LogP contribution in [0.2, 0.25) is 0 Å². The molecular weight excluding hydrogens is 282 g/mol. The topological polar surface area (TPSA) is 58.2 Å². The van der Waals surface area contributed by atoms with Crippen LogP contribution in [0.1, 0.15) is 0 Å². The quantitative estimate of drug-likeness (QED) is 0.755. The zero-order chi connectivity index (χ0) is 13.6. The highest BCUT2D eigenvalue weighted by atomic mass is 32.2. The molecule has 0 radical (unpaired) electrons. The highest BCUT2D eigenvalue weighted by molar-refractivity contribution is 7.99. The standard InChI is InChI=1S/C10H14F2N2O2S2/c1-13-6-7-18(15,16)14-8-4-2-3-5-9(8)17-10(11)12/h2-5,10,13-14H,6-7H2,1H3. The predicted molar refractivity (Wildman–Crippen MR) is 69.6 cm³/mol. The van der Waals surface area contributed by atoms with E-state index < -0.39 is 15.8 Å². The third-order valence-electron chi connectivity index (χ3n) is 1.99. The summed E-state index contributed by atoms with van der Waals surface area (Å²) in [7, 11) is -1.89. The second-order valence-corrected chi connectivity index (χ2v) is 6.27. The summed E-state index contributed by atoms with van der Waals surface area (Å²) in [6, 6.07) is 6.08. The lowest BCUT2D eigenvalue weighted by Crippen LogP contribution is -2.24. The zero-order valence-corrected chi connectivity index (χ0v) is 11.3. The van der Waals surface area contributed by atoms with E-state index in [2.05, 4.69) is 10.0 Å². The number of halogens is 2. The number of nitrogens with one attached hydrogen (secondary N) is 2. The van der Waals surface area contributed by atoms with Crippen molar-refractivity contribution in [2.45, 2.75) is 10.7 Å². The van der Waals surface area contributed by atoms with Crippen LogP contribution < -0.4 is 10.0 Å². The minimum Gasteiger partial charge on any atom is -0.319 e. The number of rotatable bonds is 7. The molecule has 0 heterocycles. The second kappa shape index (κ2) is 6.91. The first-order valence-electron chi connectivity index (χ1n) is 5.13.